The second kappa shape index (κ2) is 16.5. The van der Waals surface area contributed by atoms with E-state index in [2.05, 4.69) is 27.1 Å². The number of esters is 1. The molecule has 306 valence electrons. The topological polar surface area (TPSA) is 237 Å². The number of phenolic OH excluding ortho intramolecular Hbond substituents is 2. The fourth-order valence-corrected chi connectivity index (χ4v) is 8.44. The number of nitrogens with one attached hydrogen (secondary N) is 1. The highest BCUT2D eigenvalue weighted by molar-refractivity contribution is 5.92. The van der Waals surface area contributed by atoms with Crippen molar-refractivity contribution in [2.24, 2.45) is 5.92 Å². The highest BCUT2D eigenvalue weighted by Crippen LogP contribution is 2.56. The molecule has 14 nitrogen and oxygen atoms in total. The standard InChI is InChI=1S/C45H47N5O9/c1-4-26(12-15-48-3)43(56)58-34-21-32-40(55)37-33(54)20-31(23-51)57-42(37)38-39(27-13-16-49-36(47)18-27)45(24-52,29-7-5-9-30(53)19-29)14-6-8-28(44(34,2)59-41(32)38)17-25-10-11-35(46)50-22-25/h4-5,7,9-11,13,16,18-20,22,28,34,39,48,51-53,55H,8,12,15,17,21,23-24H2,1-3H3,(H2,46,50)(H2,47,49). The molecule has 2 aliphatic rings. The van der Waals surface area contributed by atoms with Crippen molar-refractivity contribution in [2.75, 3.05) is 31.7 Å². The number of aliphatic hydroxyl groups excluding tert-OH is 2. The summed E-state index contributed by atoms with van der Waals surface area (Å²) in [4.78, 5) is 36.6. The number of nitrogens with two attached hydrogens (primary N) is 2. The molecule has 0 radical (unpaired) electrons. The van der Waals surface area contributed by atoms with Gasteiger partial charge in [-0.2, -0.15) is 0 Å². The van der Waals surface area contributed by atoms with Gasteiger partial charge in [-0.15, -0.1) is 5.92 Å². The predicted octanol–water partition coefficient (Wildman–Crippen LogP) is 4.14. The van der Waals surface area contributed by atoms with Crippen LogP contribution in [-0.2, 0) is 34.4 Å². The van der Waals surface area contributed by atoms with Gasteiger partial charge < -0.3 is 51.1 Å². The largest absolute Gasteiger partial charge is 0.508 e. The third kappa shape index (κ3) is 7.44. The van der Waals surface area contributed by atoms with E-state index in [-0.39, 0.29) is 58.0 Å². The van der Waals surface area contributed by atoms with Crippen LogP contribution >= 0.6 is 0 Å². The summed E-state index contributed by atoms with van der Waals surface area (Å²) in [5.41, 5.74) is 11.0. The molecule has 59 heavy (non-hydrogen) atoms. The number of nitrogens with zero attached hydrogens (tertiary/aromatic N) is 2. The Balaban J connectivity index is 1.61. The number of phenols is 2. The Bertz CT molecular complexity index is 2560. The molecule has 0 fully saturated rings. The minimum absolute atomic E-state index is 0.0914. The summed E-state index contributed by atoms with van der Waals surface area (Å²) in [6, 6.07) is 14.3. The van der Waals surface area contributed by atoms with Gasteiger partial charge in [-0.1, -0.05) is 30.2 Å². The second-order valence-electron chi connectivity index (χ2n) is 15.2. The number of hydrogen-bond donors (Lipinski definition) is 7. The first-order valence-electron chi connectivity index (χ1n) is 19.3. The number of anilines is 2. The molecule has 2 aromatic carbocycles. The average Bonchev–Trinajstić information content (AvgIpc) is 3.22. The number of carbonyl (C=O) groups excluding carboxylic acids is 1. The maximum absolute atomic E-state index is 14.1. The van der Waals surface area contributed by atoms with E-state index < -0.39 is 59.3 Å². The molecule has 9 N–H and O–H groups in total. The van der Waals surface area contributed by atoms with Crippen LogP contribution < -0.4 is 26.9 Å². The summed E-state index contributed by atoms with van der Waals surface area (Å²) in [5, 5.41) is 48.1. The van der Waals surface area contributed by atoms with E-state index in [1.807, 2.05) is 13.0 Å². The Morgan fingerprint density at radius 3 is 2.59 bits per heavy atom. The van der Waals surface area contributed by atoms with Crippen LogP contribution in [-0.4, -0.2) is 68.3 Å². The molecule has 0 spiro atoms. The summed E-state index contributed by atoms with van der Waals surface area (Å²) in [7, 11) is 1.79. The van der Waals surface area contributed by atoms with Crippen molar-refractivity contribution in [3.05, 3.63) is 122 Å². The van der Waals surface area contributed by atoms with Crippen molar-refractivity contribution >= 4 is 28.6 Å². The Hall–Kier alpha value is -6.40. The lowest BCUT2D eigenvalue weighted by Crippen LogP contribution is -2.57. The van der Waals surface area contributed by atoms with Crippen LogP contribution in [0.3, 0.4) is 0 Å². The smallest absolute Gasteiger partial charge is 0.334 e. The highest BCUT2D eigenvalue weighted by Gasteiger charge is 2.54. The van der Waals surface area contributed by atoms with Gasteiger partial charge in [0.15, 0.2) is 5.43 Å². The summed E-state index contributed by atoms with van der Waals surface area (Å²) in [6.07, 6.45) is 4.56. The second-order valence-corrected chi connectivity index (χ2v) is 15.2. The van der Waals surface area contributed by atoms with Gasteiger partial charge in [-0.3, -0.25) is 4.79 Å². The monoisotopic (exact) mass is 801 g/mol. The van der Waals surface area contributed by atoms with E-state index in [0.717, 1.165) is 11.6 Å². The number of ether oxygens (including phenoxy) is 2. The minimum atomic E-state index is -1.61. The zero-order valence-electron chi connectivity index (χ0n) is 33.0. The van der Waals surface area contributed by atoms with Crippen LogP contribution in [0, 0.1) is 17.8 Å². The molecule has 5 atom stereocenters. The molecule has 5 heterocycles. The average molecular weight is 802 g/mol. The fraction of sp³-hybridized carbons (Fsp3) is 0.333. The zero-order chi connectivity index (χ0) is 42.1. The minimum Gasteiger partial charge on any atom is -0.508 e. The van der Waals surface area contributed by atoms with Crippen molar-refractivity contribution in [1.29, 1.82) is 0 Å². The quantitative estimate of drug-likeness (QED) is 0.0565. The summed E-state index contributed by atoms with van der Waals surface area (Å²) < 4.78 is 20.0. The Morgan fingerprint density at radius 1 is 1.10 bits per heavy atom. The first-order chi connectivity index (χ1) is 28.4. The number of aromatic hydroxyl groups is 2. The molecule has 0 saturated carbocycles. The maximum Gasteiger partial charge on any atom is 0.334 e. The van der Waals surface area contributed by atoms with Gasteiger partial charge in [-0.05, 0) is 87.3 Å². The molecule has 0 saturated heterocycles. The van der Waals surface area contributed by atoms with Crippen LogP contribution in [0.1, 0.15) is 66.2 Å². The number of carbonyl (C=O) groups is 1. The molecule has 5 aromatic rings. The number of pyridine rings is 2. The van der Waals surface area contributed by atoms with E-state index in [1.54, 1.807) is 56.6 Å². The van der Waals surface area contributed by atoms with Crippen LogP contribution in [0.25, 0.3) is 11.0 Å². The number of fused-ring (bicyclic) bond motifs is 3. The number of allylic oxidation sites excluding steroid dienone is 1. The molecule has 2 bridgehead atoms. The summed E-state index contributed by atoms with van der Waals surface area (Å²) in [5.74, 6) is 4.51. The molecule has 3 aromatic heterocycles. The van der Waals surface area contributed by atoms with Gasteiger partial charge in [0.2, 0.25) is 0 Å². The SMILES string of the molecule is CC=C(CCNC)C(=O)OC1Cc2c3c(c4oc(CO)cc(=O)c4c2O)C(c2ccnc(N)c2)C(CO)(c2cccc(O)c2)C#CCC(Cc2ccc(N)nc2)C1(C)O3. The Morgan fingerprint density at radius 2 is 1.92 bits per heavy atom. The van der Waals surface area contributed by atoms with Crippen LogP contribution in [0.5, 0.6) is 17.2 Å². The van der Waals surface area contributed by atoms with Gasteiger partial charge in [0.05, 0.1) is 12.0 Å². The van der Waals surface area contributed by atoms with E-state index in [9.17, 15) is 30.0 Å². The van der Waals surface area contributed by atoms with Crippen LogP contribution in [0.15, 0.2) is 87.9 Å². The van der Waals surface area contributed by atoms with Gasteiger partial charge >= 0.3 is 5.97 Å². The van der Waals surface area contributed by atoms with Crippen LogP contribution in [0.4, 0.5) is 11.6 Å². The van der Waals surface area contributed by atoms with Gasteiger partial charge in [0.25, 0.3) is 0 Å². The number of nitrogen functional groups attached to an aromatic ring is 2. The van der Waals surface area contributed by atoms with E-state index in [0.29, 0.717) is 41.9 Å². The maximum atomic E-state index is 14.1. The van der Waals surface area contributed by atoms with Gasteiger partial charge in [0, 0.05) is 59.8 Å². The number of rotatable bonds is 11. The van der Waals surface area contributed by atoms with Crippen LogP contribution in [0.2, 0.25) is 0 Å². The molecule has 2 aliphatic heterocycles. The normalized spacial score (nSPS) is 22.5. The molecule has 5 unspecified atom stereocenters. The first kappa shape index (κ1) is 40.8. The lowest BCUT2D eigenvalue weighted by atomic mass is 9.63. The van der Waals surface area contributed by atoms with Crippen molar-refractivity contribution in [3.63, 3.8) is 0 Å². The lowest BCUT2D eigenvalue weighted by Gasteiger charge is -2.48. The zero-order valence-corrected chi connectivity index (χ0v) is 33.0. The molecule has 0 aliphatic carbocycles. The molecular formula is C45H47N5O9. The summed E-state index contributed by atoms with van der Waals surface area (Å²) in [6.45, 7) is 2.83. The van der Waals surface area contributed by atoms with Crippen molar-refractivity contribution in [2.45, 2.75) is 69.2 Å². The van der Waals surface area contributed by atoms with Crippen molar-refractivity contribution in [3.8, 4) is 29.1 Å². The first-order valence-corrected chi connectivity index (χ1v) is 19.3. The molecule has 14 heteroatoms. The molecule has 7 rings (SSSR count). The number of aromatic nitrogens is 2. The number of hydrogen-bond acceptors (Lipinski definition) is 14. The Labute approximate surface area is 340 Å². The fourth-order valence-electron chi connectivity index (χ4n) is 8.44. The number of benzene rings is 2. The predicted molar refractivity (Wildman–Crippen MR) is 221 cm³/mol. The highest BCUT2D eigenvalue weighted by atomic mass is 16.6. The lowest BCUT2D eigenvalue weighted by molar-refractivity contribution is -0.164. The molecular weight excluding hydrogens is 755 g/mol. The molecule has 0 amide bonds. The van der Waals surface area contributed by atoms with Crippen molar-refractivity contribution in [1.82, 2.24) is 15.3 Å². The van der Waals surface area contributed by atoms with Gasteiger partial charge in [-0.25, -0.2) is 14.8 Å². The third-order valence-electron chi connectivity index (χ3n) is 11.6. The van der Waals surface area contributed by atoms with Crippen molar-refractivity contribution < 1.29 is 39.1 Å². The Kier molecular flexibility index (Phi) is 11.4. The van der Waals surface area contributed by atoms with E-state index in [4.69, 9.17) is 25.4 Å². The summed E-state index contributed by atoms with van der Waals surface area (Å²) >= 11 is 0. The third-order valence-corrected chi connectivity index (χ3v) is 11.6. The van der Waals surface area contributed by atoms with E-state index in [1.165, 1.54) is 18.3 Å². The van der Waals surface area contributed by atoms with Gasteiger partial charge in [0.1, 0.15) is 63.9 Å². The number of aliphatic hydroxyl groups is 2. The van der Waals surface area contributed by atoms with E-state index >= 15 is 0 Å².